The first-order valence-corrected chi connectivity index (χ1v) is 8.86. The fraction of sp³-hybridized carbons (Fsp3) is 0.130. The number of anilines is 2. The van der Waals surface area contributed by atoms with Gasteiger partial charge in [0.05, 0.1) is 6.54 Å². The van der Waals surface area contributed by atoms with Crippen molar-refractivity contribution in [2.24, 2.45) is 0 Å². The normalized spacial score (nSPS) is 10.3. The van der Waals surface area contributed by atoms with Crippen LogP contribution in [0.5, 0.6) is 0 Å². The molecule has 0 aliphatic heterocycles. The summed E-state index contributed by atoms with van der Waals surface area (Å²) in [6.07, 6.45) is 0. The zero-order valence-electron chi connectivity index (χ0n) is 15.3. The van der Waals surface area contributed by atoms with Crippen molar-refractivity contribution < 1.29 is 9.59 Å². The summed E-state index contributed by atoms with van der Waals surface area (Å²) in [5.41, 5.74) is 3.43. The van der Waals surface area contributed by atoms with E-state index in [-0.39, 0.29) is 18.2 Å². The topological polar surface area (TPSA) is 49.4 Å². The molecule has 0 radical (unpaired) electrons. The van der Waals surface area contributed by atoms with E-state index < -0.39 is 0 Å². The van der Waals surface area contributed by atoms with Gasteiger partial charge in [0, 0.05) is 23.5 Å². The molecule has 0 aliphatic carbocycles. The first-order valence-electron chi connectivity index (χ1n) is 8.86. The molecule has 3 rings (SSSR count). The van der Waals surface area contributed by atoms with Crippen LogP contribution in [0, 0.1) is 0 Å². The van der Waals surface area contributed by atoms with Gasteiger partial charge < -0.3 is 10.2 Å². The van der Waals surface area contributed by atoms with Crippen molar-refractivity contribution in [3.05, 3.63) is 96.1 Å². The highest BCUT2D eigenvalue weighted by molar-refractivity contribution is 5.96. The van der Waals surface area contributed by atoms with Gasteiger partial charge in [-0.05, 0) is 48.9 Å². The number of benzene rings is 3. The number of amides is 1. The van der Waals surface area contributed by atoms with Gasteiger partial charge in [-0.3, -0.25) is 9.59 Å². The Morgan fingerprint density at radius 3 is 2.00 bits per heavy atom. The molecule has 1 N–H and O–H groups in total. The Hall–Kier alpha value is -3.40. The van der Waals surface area contributed by atoms with Crippen molar-refractivity contribution in [2.45, 2.75) is 13.5 Å². The lowest BCUT2D eigenvalue weighted by molar-refractivity contribution is -0.115. The van der Waals surface area contributed by atoms with Crippen LogP contribution < -0.4 is 10.2 Å². The molecule has 3 aromatic rings. The Balaban J connectivity index is 1.71. The summed E-state index contributed by atoms with van der Waals surface area (Å²) in [6, 6.07) is 26.9. The minimum atomic E-state index is -0.106. The number of para-hydroxylation sites is 1. The molecule has 3 aromatic carbocycles. The fourth-order valence-electron chi connectivity index (χ4n) is 2.84. The lowest BCUT2D eigenvalue weighted by Crippen LogP contribution is -2.32. The molecule has 0 atom stereocenters. The standard InChI is InChI=1S/C23H22N2O2/c1-18(26)20-12-14-21(15-13-20)24-23(27)17-25(22-10-6-3-7-11-22)16-19-8-4-2-5-9-19/h2-15H,16-17H2,1H3,(H,24,27). The Labute approximate surface area is 159 Å². The number of hydrogen-bond donors (Lipinski definition) is 1. The van der Waals surface area contributed by atoms with E-state index in [2.05, 4.69) is 5.32 Å². The Bertz CT molecular complexity index is 891. The number of nitrogens with zero attached hydrogens (tertiary/aromatic N) is 1. The Morgan fingerprint density at radius 2 is 1.41 bits per heavy atom. The maximum atomic E-state index is 12.6. The molecule has 0 heterocycles. The number of nitrogens with one attached hydrogen (secondary N) is 1. The molecule has 0 fully saturated rings. The molecule has 0 aromatic heterocycles. The van der Waals surface area contributed by atoms with Crippen molar-refractivity contribution in [1.82, 2.24) is 0 Å². The van der Waals surface area contributed by atoms with Crippen LogP contribution in [0.3, 0.4) is 0 Å². The Morgan fingerprint density at radius 1 is 0.815 bits per heavy atom. The number of carbonyl (C=O) groups is 2. The molecule has 0 saturated carbocycles. The maximum absolute atomic E-state index is 12.6. The second-order valence-corrected chi connectivity index (χ2v) is 6.36. The molecule has 4 heteroatoms. The number of rotatable bonds is 7. The second-order valence-electron chi connectivity index (χ2n) is 6.36. The molecule has 0 saturated heterocycles. The van der Waals surface area contributed by atoms with Gasteiger partial charge in [-0.25, -0.2) is 0 Å². The molecule has 136 valence electrons. The average Bonchev–Trinajstić information content (AvgIpc) is 2.69. The molecule has 1 amide bonds. The summed E-state index contributed by atoms with van der Waals surface area (Å²) in [5, 5.41) is 2.90. The summed E-state index contributed by atoms with van der Waals surface area (Å²) >= 11 is 0. The van der Waals surface area contributed by atoms with Gasteiger partial charge in [-0.15, -0.1) is 0 Å². The van der Waals surface area contributed by atoms with Crippen molar-refractivity contribution in [3.8, 4) is 0 Å². The predicted octanol–water partition coefficient (Wildman–Crippen LogP) is 4.53. The largest absolute Gasteiger partial charge is 0.358 e. The van der Waals surface area contributed by atoms with E-state index in [1.54, 1.807) is 24.3 Å². The van der Waals surface area contributed by atoms with Gasteiger partial charge in [0.1, 0.15) is 0 Å². The van der Waals surface area contributed by atoms with Gasteiger partial charge in [-0.1, -0.05) is 48.5 Å². The van der Waals surface area contributed by atoms with E-state index in [0.717, 1.165) is 11.3 Å². The molecule has 4 nitrogen and oxygen atoms in total. The number of carbonyl (C=O) groups excluding carboxylic acids is 2. The van der Waals surface area contributed by atoms with Crippen LogP contribution in [-0.2, 0) is 11.3 Å². The number of hydrogen-bond acceptors (Lipinski definition) is 3. The third-order valence-electron chi connectivity index (χ3n) is 4.25. The van der Waals surface area contributed by atoms with Gasteiger partial charge in [-0.2, -0.15) is 0 Å². The molecule has 0 unspecified atom stereocenters. The van der Waals surface area contributed by atoms with E-state index in [9.17, 15) is 9.59 Å². The minimum Gasteiger partial charge on any atom is -0.358 e. The van der Waals surface area contributed by atoms with E-state index in [4.69, 9.17) is 0 Å². The van der Waals surface area contributed by atoms with Gasteiger partial charge >= 0.3 is 0 Å². The first kappa shape index (κ1) is 18.4. The summed E-state index contributed by atoms with van der Waals surface area (Å²) < 4.78 is 0. The van der Waals surface area contributed by atoms with Crippen molar-refractivity contribution in [2.75, 3.05) is 16.8 Å². The average molecular weight is 358 g/mol. The van der Waals surface area contributed by atoms with Crippen LogP contribution in [0.2, 0.25) is 0 Å². The third-order valence-corrected chi connectivity index (χ3v) is 4.25. The molecule has 0 bridgehead atoms. The number of Topliss-reactive ketones (excluding diaryl/α,β-unsaturated/α-hetero) is 1. The first-order chi connectivity index (χ1) is 13.1. The smallest absolute Gasteiger partial charge is 0.243 e. The molecular formula is C23H22N2O2. The molecule has 27 heavy (non-hydrogen) atoms. The van der Waals surface area contributed by atoms with E-state index in [1.165, 1.54) is 6.92 Å². The zero-order valence-corrected chi connectivity index (χ0v) is 15.3. The van der Waals surface area contributed by atoms with Crippen LogP contribution in [0.4, 0.5) is 11.4 Å². The Kier molecular flexibility index (Phi) is 6.00. The zero-order chi connectivity index (χ0) is 19.1. The van der Waals surface area contributed by atoms with Crippen molar-refractivity contribution >= 4 is 23.1 Å². The van der Waals surface area contributed by atoms with E-state index in [1.807, 2.05) is 65.6 Å². The molecular weight excluding hydrogens is 336 g/mol. The van der Waals surface area contributed by atoms with Crippen molar-refractivity contribution in [1.29, 1.82) is 0 Å². The summed E-state index contributed by atoms with van der Waals surface area (Å²) in [4.78, 5) is 26.0. The van der Waals surface area contributed by atoms with Crippen LogP contribution in [0.1, 0.15) is 22.8 Å². The summed E-state index contributed by atoms with van der Waals surface area (Å²) in [6.45, 7) is 2.39. The van der Waals surface area contributed by atoms with E-state index in [0.29, 0.717) is 17.8 Å². The van der Waals surface area contributed by atoms with Gasteiger partial charge in [0.15, 0.2) is 5.78 Å². The fourth-order valence-corrected chi connectivity index (χ4v) is 2.84. The SMILES string of the molecule is CC(=O)c1ccc(NC(=O)CN(Cc2ccccc2)c2ccccc2)cc1. The summed E-state index contributed by atoms with van der Waals surface area (Å²) in [5.74, 6) is -0.101. The monoisotopic (exact) mass is 358 g/mol. The molecule has 0 spiro atoms. The highest BCUT2D eigenvalue weighted by Gasteiger charge is 2.12. The van der Waals surface area contributed by atoms with Gasteiger partial charge in [0.2, 0.25) is 5.91 Å². The van der Waals surface area contributed by atoms with Crippen LogP contribution in [0.25, 0.3) is 0 Å². The highest BCUT2D eigenvalue weighted by Crippen LogP contribution is 2.17. The predicted molar refractivity (Wildman–Crippen MR) is 109 cm³/mol. The minimum absolute atomic E-state index is 0.00555. The third kappa shape index (κ3) is 5.28. The van der Waals surface area contributed by atoms with Crippen molar-refractivity contribution in [3.63, 3.8) is 0 Å². The lowest BCUT2D eigenvalue weighted by atomic mass is 10.1. The van der Waals surface area contributed by atoms with Crippen LogP contribution >= 0.6 is 0 Å². The second kappa shape index (κ2) is 8.81. The maximum Gasteiger partial charge on any atom is 0.243 e. The quantitative estimate of drug-likeness (QED) is 0.631. The van der Waals surface area contributed by atoms with Gasteiger partial charge in [0.25, 0.3) is 0 Å². The van der Waals surface area contributed by atoms with Crippen LogP contribution in [0.15, 0.2) is 84.9 Å². The molecule has 0 aliphatic rings. The highest BCUT2D eigenvalue weighted by atomic mass is 16.2. The lowest BCUT2D eigenvalue weighted by Gasteiger charge is -2.24. The van der Waals surface area contributed by atoms with Crippen LogP contribution in [-0.4, -0.2) is 18.2 Å². The summed E-state index contributed by atoms with van der Waals surface area (Å²) in [7, 11) is 0. The van der Waals surface area contributed by atoms with E-state index >= 15 is 0 Å². The number of ketones is 1.